The molecule has 0 saturated heterocycles. The molecular formula is C14H13N4O4+. The molecule has 0 spiro atoms. The van der Waals surface area contributed by atoms with E-state index in [0.717, 1.165) is 17.3 Å². The minimum absolute atomic E-state index is 0.0463. The molecule has 0 bridgehead atoms. The number of rotatable bonds is 4. The Kier molecular flexibility index (Phi) is 4.72. The Balaban J connectivity index is 2.09. The second-order valence-electron chi connectivity index (χ2n) is 4.22. The van der Waals surface area contributed by atoms with Gasteiger partial charge in [-0.15, -0.1) is 0 Å². The molecule has 0 radical (unpaired) electrons. The average Bonchev–Trinajstić information content (AvgIpc) is 2.53. The number of urea groups is 1. The molecule has 1 heterocycles. The highest BCUT2D eigenvalue weighted by atomic mass is 16.5. The molecule has 0 saturated carbocycles. The van der Waals surface area contributed by atoms with Crippen molar-refractivity contribution < 1.29 is 13.9 Å². The van der Waals surface area contributed by atoms with E-state index in [1.807, 2.05) is 0 Å². The number of benzene rings is 1. The molecule has 1 aromatic carbocycles. The third-order valence-corrected chi connectivity index (χ3v) is 2.75. The van der Waals surface area contributed by atoms with Crippen molar-refractivity contribution in [2.24, 2.45) is 0 Å². The summed E-state index contributed by atoms with van der Waals surface area (Å²) < 4.78 is 9.93. The molecular weight excluding hydrogens is 288 g/mol. The molecule has 1 N–H and O–H groups in total. The van der Waals surface area contributed by atoms with Crippen LogP contribution in [0.5, 0.6) is 5.75 Å². The summed E-state index contributed by atoms with van der Waals surface area (Å²) in [4.78, 5) is 23.6. The Morgan fingerprint density at radius 3 is 2.73 bits per heavy atom. The molecule has 8 nitrogen and oxygen atoms in total. The zero-order chi connectivity index (χ0) is 15.9. The minimum Gasteiger partial charge on any atom is -0.490 e. The number of hydrogen-bond acceptors (Lipinski definition) is 5. The van der Waals surface area contributed by atoms with Crippen molar-refractivity contribution in [3.63, 3.8) is 0 Å². The highest BCUT2D eigenvalue weighted by molar-refractivity contribution is 5.89. The van der Waals surface area contributed by atoms with E-state index in [2.05, 4.69) is 10.4 Å². The number of para-hydroxylation sites is 1. The average molecular weight is 301 g/mol. The number of diazo groups is 1. The van der Waals surface area contributed by atoms with Crippen LogP contribution in [0.1, 0.15) is 5.76 Å². The van der Waals surface area contributed by atoms with Gasteiger partial charge in [-0.2, -0.15) is 0 Å². The van der Waals surface area contributed by atoms with Crippen LogP contribution in [0.2, 0.25) is 0 Å². The van der Waals surface area contributed by atoms with E-state index in [1.54, 1.807) is 30.3 Å². The van der Waals surface area contributed by atoms with Crippen LogP contribution in [-0.2, 0) is 6.54 Å². The van der Waals surface area contributed by atoms with E-state index in [0.29, 0.717) is 5.69 Å². The lowest BCUT2D eigenvalue weighted by Crippen LogP contribution is -2.29. The van der Waals surface area contributed by atoms with Crippen molar-refractivity contribution >= 4 is 11.7 Å². The van der Waals surface area contributed by atoms with Gasteiger partial charge in [-0.25, -0.2) is 4.79 Å². The van der Waals surface area contributed by atoms with Gasteiger partial charge in [0.2, 0.25) is 11.2 Å². The van der Waals surface area contributed by atoms with Gasteiger partial charge < -0.3 is 14.5 Å². The Labute approximate surface area is 125 Å². The van der Waals surface area contributed by atoms with Crippen molar-refractivity contribution in [3.8, 4) is 5.75 Å². The van der Waals surface area contributed by atoms with Gasteiger partial charge in [0, 0.05) is 11.8 Å². The number of nitrogens with one attached hydrogen (secondary N) is 1. The number of methoxy groups -OCH3 is 1. The molecule has 22 heavy (non-hydrogen) atoms. The van der Waals surface area contributed by atoms with Crippen molar-refractivity contribution in [1.82, 2.24) is 5.01 Å². The molecule has 2 rings (SSSR count). The number of carbonyl (C=O) groups is 1. The van der Waals surface area contributed by atoms with Gasteiger partial charge >= 0.3 is 11.1 Å². The first-order chi connectivity index (χ1) is 10.6. The van der Waals surface area contributed by atoms with Crippen LogP contribution < -0.4 is 15.5 Å². The Morgan fingerprint density at radius 2 is 2.14 bits per heavy atom. The van der Waals surface area contributed by atoms with E-state index in [1.165, 1.54) is 7.11 Å². The number of anilines is 1. The summed E-state index contributed by atoms with van der Waals surface area (Å²) in [6.45, 7) is -0.214. The predicted octanol–water partition coefficient (Wildman–Crippen LogP) is 2.45. The smallest absolute Gasteiger partial charge is 0.395 e. The van der Waals surface area contributed by atoms with Gasteiger partial charge in [0.1, 0.15) is 12.0 Å². The fourth-order valence-corrected chi connectivity index (χ4v) is 1.67. The fourth-order valence-electron chi connectivity index (χ4n) is 1.67. The first-order valence-electron chi connectivity index (χ1n) is 6.28. The summed E-state index contributed by atoms with van der Waals surface area (Å²) >= 11 is 0. The maximum absolute atomic E-state index is 12.0. The number of hydrogen-bond donors (Lipinski definition) is 1. The van der Waals surface area contributed by atoms with E-state index < -0.39 is 11.5 Å². The molecule has 8 heteroatoms. The second-order valence-corrected chi connectivity index (χ2v) is 4.22. The molecule has 1 aromatic heterocycles. The standard InChI is InChI=1S/C14H12N4O4/c1-21-13-9-22-11(7-12(13)19)8-18(17-15)14(20)16-10-5-3-2-4-6-10/h2-7,9H,8H2,1H3/p+1. The largest absolute Gasteiger partial charge is 0.490 e. The monoisotopic (exact) mass is 301 g/mol. The van der Waals surface area contributed by atoms with Gasteiger partial charge in [0.15, 0.2) is 6.54 Å². The summed E-state index contributed by atoms with van der Waals surface area (Å²) in [5.74, 6) is 0.191. The maximum atomic E-state index is 12.0. The van der Waals surface area contributed by atoms with Crippen LogP contribution >= 0.6 is 0 Å². The van der Waals surface area contributed by atoms with Gasteiger partial charge in [-0.3, -0.25) is 4.79 Å². The van der Waals surface area contributed by atoms with Crippen molar-refractivity contribution in [2.45, 2.75) is 6.54 Å². The summed E-state index contributed by atoms with van der Waals surface area (Å²) in [5, 5.41) is 15.1. The molecule has 0 atom stereocenters. The number of ether oxygens (including phenoxy) is 1. The zero-order valence-electron chi connectivity index (χ0n) is 11.7. The highest BCUT2D eigenvalue weighted by Gasteiger charge is 2.26. The molecule has 2 amide bonds. The molecule has 0 fully saturated rings. The fraction of sp³-hybridized carbons (Fsp3) is 0.143. The van der Waals surface area contributed by atoms with Gasteiger partial charge in [0.05, 0.1) is 12.1 Å². The van der Waals surface area contributed by atoms with Crippen LogP contribution in [-0.4, -0.2) is 18.1 Å². The molecule has 0 unspecified atom stereocenters. The lowest BCUT2D eigenvalue weighted by atomic mass is 10.3. The van der Waals surface area contributed by atoms with Crippen LogP contribution in [0.4, 0.5) is 10.5 Å². The van der Waals surface area contributed by atoms with Crippen molar-refractivity contribution in [3.05, 3.63) is 63.7 Å². The summed E-state index contributed by atoms with van der Waals surface area (Å²) in [5.41, 5.74) is 0.141. The van der Waals surface area contributed by atoms with Crippen LogP contribution in [0.15, 0.2) is 51.9 Å². The SMILES string of the molecule is COc1coc(CN([N+]#N)C(=O)Nc2ccccc2)cc1=O. The van der Waals surface area contributed by atoms with E-state index in [9.17, 15) is 9.59 Å². The predicted molar refractivity (Wildman–Crippen MR) is 77.6 cm³/mol. The van der Waals surface area contributed by atoms with Crippen LogP contribution in [0.25, 0.3) is 5.08 Å². The highest BCUT2D eigenvalue weighted by Crippen LogP contribution is 2.11. The molecule has 0 aliphatic heterocycles. The van der Waals surface area contributed by atoms with E-state index in [4.69, 9.17) is 14.5 Å². The van der Waals surface area contributed by atoms with E-state index >= 15 is 0 Å². The number of nitrogens with zero attached hydrogens (tertiary/aromatic N) is 3. The minimum atomic E-state index is -0.674. The first kappa shape index (κ1) is 15.1. The zero-order valence-corrected chi connectivity index (χ0v) is 11.7. The third kappa shape index (κ3) is 3.61. The Morgan fingerprint density at radius 1 is 1.41 bits per heavy atom. The van der Waals surface area contributed by atoms with E-state index in [-0.39, 0.29) is 18.1 Å². The molecule has 0 aliphatic rings. The van der Waals surface area contributed by atoms with Gasteiger partial charge in [-0.05, 0) is 12.1 Å². The van der Waals surface area contributed by atoms with Crippen molar-refractivity contribution in [2.75, 3.05) is 12.4 Å². The first-order valence-corrected chi connectivity index (χ1v) is 6.28. The molecule has 2 aromatic rings. The second kappa shape index (κ2) is 6.90. The van der Waals surface area contributed by atoms with Gasteiger partial charge in [0.25, 0.3) is 5.39 Å². The molecule has 0 aliphatic carbocycles. The van der Waals surface area contributed by atoms with Crippen LogP contribution in [0, 0.1) is 5.39 Å². The number of amides is 2. The lowest BCUT2D eigenvalue weighted by Gasteiger charge is -2.06. The maximum Gasteiger partial charge on any atom is 0.395 e. The normalized spacial score (nSPS) is 9.64. The van der Waals surface area contributed by atoms with Gasteiger partial charge in [-0.1, -0.05) is 18.2 Å². The molecule has 112 valence electrons. The summed E-state index contributed by atoms with van der Waals surface area (Å²) in [6, 6.07) is 9.15. The summed E-state index contributed by atoms with van der Waals surface area (Å²) in [6.07, 6.45) is 1.13. The quantitative estimate of drug-likeness (QED) is 0.690. The van der Waals surface area contributed by atoms with Crippen molar-refractivity contribution in [1.29, 1.82) is 5.39 Å². The number of carbonyl (C=O) groups excluding carboxylic acids is 1. The summed E-state index contributed by atoms with van der Waals surface area (Å²) in [7, 11) is 1.34. The van der Waals surface area contributed by atoms with Crippen LogP contribution in [0.3, 0.4) is 0 Å². The Hall–Kier alpha value is -3.34. The topological polar surface area (TPSA) is 99.9 Å². The third-order valence-electron chi connectivity index (χ3n) is 2.75. The Bertz CT molecular complexity index is 751. The lowest BCUT2D eigenvalue weighted by molar-refractivity contribution is 0.221.